The predicted octanol–water partition coefficient (Wildman–Crippen LogP) is 3.19. The molecule has 0 fully saturated rings. The van der Waals surface area contributed by atoms with Crippen molar-refractivity contribution in [2.45, 2.75) is 6.42 Å². The van der Waals surface area contributed by atoms with Gasteiger partial charge in [-0.2, -0.15) is 4.65 Å². The standard InChI is InChI=1S/C21H22FN6O/c1-28(2,29)12-9-14-8-11-27-18(13-14)26-19(15-3-5-16(22)6-4-15)20(27)17-7-10-24-21(23)25-17/h3-8,10-11,13,29H,9,12H2,1-2H3,(H2,23,24,25)/q+1. The molecule has 0 spiro atoms. The summed E-state index contributed by atoms with van der Waals surface area (Å²) in [4.78, 5) is 13.1. The maximum atomic E-state index is 13.4. The number of hydrogen-bond acceptors (Lipinski definition) is 5. The van der Waals surface area contributed by atoms with E-state index in [0.717, 1.165) is 22.5 Å². The van der Waals surface area contributed by atoms with Gasteiger partial charge in [0.25, 0.3) is 0 Å². The van der Waals surface area contributed by atoms with Gasteiger partial charge in [-0.25, -0.2) is 24.5 Å². The highest BCUT2D eigenvalue weighted by atomic mass is 19.1. The van der Waals surface area contributed by atoms with Crippen LogP contribution in [0.3, 0.4) is 0 Å². The molecule has 0 saturated heterocycles. The molecule has 8 heteroatoms. The molecule has 0 aliphatic rings. The minimum atomic E-state index is -0.308. The lowest BCUT2D eigenvalue weighted by Gasteiger charge is -2.19. The van der Waals surface area contributed by atoms with Crippen molar-refractivity contribution >= 4 is 11.6 Å². The molecule has 1 aromatic carbocycles. The van der Waals surface area contributed by atoms with Crippen molar-refractivity contribution in [3.63, 3.8) is 0 Å². The molecule has 3 N–H and O–H groups in total. The first-order valence-electron chi connectivity index (χ1n) is 9.22. The normalized spacial score (nSPS) is 11.9. The van der Waals surface area contributed by atoms with Crippen LogP contribution >= 0.6 is 0 Å². The first-order valence-corrected chi connectivity index (χ1v) is 9.22. The number of quaternary nitrogens is 1. The molecule has 0 unspecified atom stereocenters. The van der Waals surface area contributed by atoms with Gasteiger partial charge in [0.2, 0.25) is 5.95 Å². The van der Waals surface area contributed by atoms with Crippen LogP contribution in [0.2, 0.25) is 0 Å². The smallest absolute Gasteiger partial charge is 0.220 e. The quantitative estimate of drug-likeness (QED) is 0.402. The molecule has 7 nitrogen and oxygen atoms in total. The monoisotopic (exact) mass is 393 g/mol. The van der Waals surface area contributed by atoms with Crippen molar-refractivity contribution in [3.8, 4) is 22.6 Å². The maximum absolute atomic E-state index is 13.4. The zero-order valence-corrected chi connectivity index (χ0v) is 16.2. The lowest BCUT2D eigenvalue weighted by atomic mass is 10.1. The topological polar surface area (TPSA) is 89.3 Å². The molecule has 3 heterocycles. The molecule has 4 aromatic rings. The summed E-state index contributed by atoms with van der Waals surface area (Å²) in [5.41, 5.74) is 10.4. The van der Waals surface area contributed by atoms with Gasteiger partial charge in [0.1, 0.15) is 18.0 Å². The average molecular weight is 393 g/mol. The van der Waals surface area contributed by atoms with Crippen LogP contribution in [-0.4, -0.2) is 49.8 Å². The highest BCUT2D eigenvalue weighted by molar-refractivity contribution is 5.80. The van der Waals surface area contributed by atoms with E-state index in [4.69, 9.17) is 10.7 Å². The third kappa shape index (κ3) is 4.08. The first kappa shape index (κ1) is 19.0. The van der Waals surface area contributed by atoms with E-state index in [-0.39, 0.29) is 16.4 Å². The molecule has 0 radical (unpaired) electrons. The third-order valence-electron chi connectivity index (χ3n) is 4.67. The number of nitrogens with two attached hydrogens (primary N) is 1. The van der Waals surface area contributed by atoms with Gasteiger partial charge in [0.15, 0.2) is 0 Å². The van der Waals surface area contributed by atoms with E-state index in [2.05, 4.69) is 9.97 Å². The van der Waals surface area contributed by atoms with Gasteiger partial charge in [-0.3, -0.25) is 4.40 Å². The minimum absolute atomic E-state index is 0.105. The highest BCUT2D eigenvalue weighted by Crippen LogP contribution is 2.32. The van der Waals surface area contributed by atoms with Crippen LogP contribution in [0.5, 0.6) is 0 Å². The second kappa shape index (κ2) is 7.23. The van der Waals surface area contributed by atoms with Gasteiger partial charge in [0, 0.05) is 24.4 Å². The predicted molar refractivity (Wildman–Crippen MR) is 108 cm³/mol. The van der Waals surface area contributed by atoms with Crippen LogP contribution in [0.1, 0.15) is 5.56 Å². The third-order valence-corrected chi connectivity index (χ3v) is 4.67. The van der Waals surface area contributed by atoms with Gasteiger partial charge < -0.3 is 5.73 Å². The van der Waals surface area contributed by atoms with Gasteiger partial charge in [-0.1, -0.05) is 0 Å². The lowest BCUT2D eigenvalue weighted by Crippen LogP contribution is -2.37. The Hall–Kier alpha value is -3.36. The Bertz CT molecular complexity index is 1160. The zero-order valence-electron chi connectivity index (χ0n) is 16.2. The van der Waals surface area contributed by atoms with E-state index >= 15 is 0 Å². The summed E-state index contributed by atoms with van der Waals surface area (Å²) in [7, 11) is 3.47. The number of hydroxylamine groups is 3. The van der Waals surface area contributed by atoms with E-state index in [9.17, 15) is 9.60 Å². The highest BCUT2D eigenvalue weighted by Gasteiger charge is 2.18. The van der Waals surface area contributed by atoms with Gasteiger partial charge in [-0.15, -0.1) is 0 Å². The summed E-state index contributed by atoms with van der Waals surface area (Å²) in [5, 5.41) is 9.95. The number of fused-ring (bicyclic) bond motifs is 1. The number of anilines is 1. The van der Waals surface area contributed by atoms with Gasteiger partial charge in [-0.05, 0) is 48.0 Å². The number of imidazole rings is 1. The number of pyridine rings is 1. The molecule has 148 valence electrons. The number of rotatable bonds is 5. The second-order valence-corrected chi connectivity index (χ2v) is 7.47. The Kier molecular flexibility index (Phi) is 4.73. The van der Waals surface area contributed by atoms with Crippen LogP contribution in [-0.2, 0) is 6.42 Å². The number of nitrogens with zero attached hydrogens (tertiary/aromatic N) is 5. The van der Waals surface area contributed by atoms with Crippen LogP contribution in [0.25, 0.3) is 28.3 Å². The number of benzene rings is 1. The summed E-state index contributed by atoms with van der Waals surface area (Å²) in [6.45, 7) is 0.580. The van der Waals surface area contributed by atoms with E-state index in [1.165, 1.54) is 12.1 Å². The average Bonchev–Trinajstić information content (AvgIpc) is 3.05. The fourth-order valence-corrected chi connectivity index (χ4v) is 3.20. The van der Waals surface area contributed by atoms with Crippen LogP contribution in [0, 0.1) is 5.82 Å². The van der Waals surface area contributed by atoms with Crippen molar-refractivity contribution in [3.05, 3.63) is 66.2 Å². The van der Waals surface area contributed by atoms with Crippen LogP contribution in [0.15, 0.2) is 54.9 Å². The zero-order chi connectivity index (χ0) is 20.6. The molecule has 0 aliphatic carbocycles. The summed E-state index contributed by atoms with van der Waals surface area (Å²) >= 11 is 0. The van der Waals surface area contributed by atoms with Crippen LogP contribution in [0.4, 0.5) is 10.3 Å². The number of hydrogen-bond donors (Lipinski definition) is 2. The van der Waals surface area contributed by atoms with Gasteiger partial charge in [0.05, 0.1) is 31.2 Å². The summed E-state index contributed by atoms with van der Waals surface area (Å²) in [6, 6.07) is 11.9. The summed E-state index contributed by atoms with van der Waals surface area (Å²) in [5.74, 6) is -0.139. The molecule has 0 aliphatic heterocycles. The summed E-state index contributed by atoms with van der Waals surface area (Å²) in [6.07, 6.45) is 4.23. The fourth-order valence-electron chi connectivity index (χ4n) is 3.20. The Morgan fingerprint density at radius 2 is 1.86 bits per heavy atom. The molecular formula is C21H22FN6O+. The molecule has 0 amide bonds. The van der Waals surface area contributed by atoms with Crippen molar-refractivity contribution in [2.24, 2.45) is 0 Å². The number of nitrogen functional groups attached to an aromatic ring is 1. The molecular weight excluding hydrogens is 371 g/mol. The van der Waals surface area contributed by atoms with Crippen molar-refractivity contribution < 1.29 is 14.2 Å². The number of halogens is 1. The van der Waals surface area contributed by atoms with E-state index in [1.54, 1.807) is 38.5 Å². The fraction of sp³-hybridized carbons (Fsp3) is 0.190. The molecule has 0 bridgehead atoms. The Morgan fingerprint density at radius 3 is 2.55 bits per heavy atom. The Balaban J connectivity index is 1.87. The largest absolute Gasteiger partial charge is 0.368 e. The van der Waals surface area contributed by atoms with E-state index < -0.39 is 0 Å². The van der Waals surface area contributed by atoms with Crippen LogP contribution < -0.4 is 5.73 Å². The number of likely N-dealkylation sites (N-methyl/N-ethyl adjacent to an activating group) is 1. The molecule has 4 rings (SSSR count). The van der Waals surface area contributed by atoms with E-state index in [1.807, 2.05) is 22.7 Å². The molecule has 0 saturated carbocycles. The summed E-state index contributed by atoms with van der Waals surface area (Å²) < 4.78 is 15.3. The van der Waals surface area contributed by atoms with Crippen molar-refractivity contribution in [1.29, 1.82) is 0 Å². The van der Waals surface area contributed by atoms with Crippen molar-refractivity contribution in [2.75, 3.05) is 26.4 Å². The first-order chi connectivity index (χ1) is 13.8. The molecule has 3 aromatic heterocycles. The Labute approximate surface area is 167 Å². The maximum Gasteiger partial charge on any atom is 0.220 e. The minimum Gasteiger partial charge on any atom is -0.368 e. The molecule has 0 atom stereocenters. The molecule has 29 heavy (non-hydrogen) atoms. The Morgan fingerprint density at radius 1 is 1.10 bits per heavy atom. The SMILES string of the molecule is C[N+](C)(O)CCc1ccn2c(-c3ccnc(N)n3)c(-c3ccc(F)cc3)nc2c1. The number of aromatic nitrogens is 4. The van der Waals surface area contributed by atoms with Gasteiger partial charge >= 0.3 is 0 Å². The lowest BCUT2D eigenvalue weighted by molar-refractivity contribution is -1.07. The van der Waals surface area contributed by atoms with Crippen molar-refractivity contribution in [1.82, 2.24) is 19.4 Å². The second-order valence-electron chi connectivity index (χ2n) is 7.47. The van der Waals surface area contributed by atoms with E-state index in [0.29, 0.717) is 24.4 Å².